The molecule has 0 aromatic heterocycles. The van der Waals surface area contributed by atoms with Crippen LogP contribution in [0.15, 0.2) is 0 Å². The van der Waals surface area contributed by atoms with Gasteiger partial charge in [-0.1, -0.05) is 13.8 Å². The van der Waals surface area contributed by atoms with Gasteiger partial charge in [-0.2, -0.15) is 0 Å². The summed E-state index contributed by atoms with van der Waals surface area (Å²) >= 11 is 0. The van der Waals surface area contributed by atoms with Crippen LogP contribution in [0, 0.1) is 11.3 Å². The van der Waals surface area contributed by atoms with Gasteiger partial charge < -0.3 is 14.3 Å². The minimum absolute atomic E-state index is 0.313. The van der Waals surface area contributed by atoms with Gasteiger partial charge in [-0.25, -0.2) is 0 Å². The molecule has 0 saturated heterocycles. The quantitative estimate of drug-likeness (QED) is 0.647. The number of ether oxygens (including phenoxy) is 1. The highest BCUT2D eigenvalue weighted by molar-refractivity contribution is 5.82. The Kier molecular flexibility index (Phi) is 2.35. The van der Waals surface area contributed by atoms with Crippen LogP contribution in [-0.2, 0) is 14.3 Å². The number of carbonyl (C=O) groups excluding carboxylic acids is 2. The van der Waals surface area contributed by atoms with Crippen molar-refractivity contribution in [1.29, 1.82) is 0 Å². The molecule has 1 aliphatic carbocycles. The van der Waals surface area contributed by atoms with E-state index in [1.165, 1.54) is 0 Å². The largest absolute Gasteiger partial charge is 0.361 e. The van der Waals surface area contributed by atoms with E-state index in [9.17, 15) is 9.59 Å². The number of rotatable bonds is 3. The Morgan fingerprint density at radius 2 is 1.71 bits per heavy atom. The Hall–Kier alpha value is -0.700. The van der Waals surface area contributed by atoms with Gasteiger partial charge in [-0.3, -0.25) is 0 Å². The number of aldehydes is 2. The van der Waals surface area contributed by atoms with Crippen molar-refractivity contribution in [3.8, 4) is 0 Å². The van der Waals surface area contributed by atoms with Crippen LogP contribution in [0.2, 0.25) is 0 Å². The van der Waals surface area contributed by atoms with E-state index in [4.69, 9.17) is 4.74 Å². The van der Waals surface area contributed by atoms with E-state index in [-0.39, 0.29) is 11.3 Å². The zero-order valence-electron chi connectivity index (χ0n) is 9.46. The molecular formula is C11H18O3. The molecule has 0 radical (unpaired) electrons. The number of hydrogen-bond donors (Lipinski definition) is 0. The van der Waals surface area contributed by atoms with Crippen LogP contribution in [0.4, 0.5) is 0 Å². The average Bonchev–Trinajstić information content (AvgIpc) is 2.44. The van der Waals surface area contributed by atoms with Crippen molar-refractivity contribution in [2.24, 2.45) is 11.3 Å². The van der Waals surface area contributed by atoms with Gasteiger partial charge in [0, 0.05) is 5.41 Å². The highest BCUT2D eigenvalue weighted by Gasteiger charge is 2.74. The Morgan fingerprint density at radius 3 is 1.93 bits per heavy atom. The van der Waals surface area contributed by atoms with E-state index in [2.05, 4.69) is 0 Å². The molecule has 2 unspecified atom stereocenters. The second-order valence-corrected chi connectivity index (χ2v) is 5.46. The molecular weight excluding hydrogens is 180 g/mol. The lowest BCUT2D eigenvalue weighted by Crippen LogP contribution is -2.34. The number of hydrogen-bond acceptors (Lipinski definition) is 3. The molecule has 0 N–H and O–H groups in total. The fraction of sp³-hybridized carbons (Fsp3) is 0.818. The normalized spacial score (nSPS) is 35.1. The van der Waals surface area contributed by atoms with Crippen LogP contribution in [0.5, 0.6) is 0 Å². The van der Waals surface area contributed by atoms with Crippen LogP contribution in [0.3, 0.4) is 0 Å². The smallest absolute Gasteiger partial charge is 0.153 e. The van der Waals surface area contributed by atoms with Crippen molar-refractivity contribution >= 4 is 12.6 Å². The topological polar surface area (TPSA) is 43.4 Å². The summed E-state index contributed by atoms with van der Waals surface area (Å²) in [7, 11) is 0. The van der Waals surface area contributed by atoms with Crippen molar-refractivity contribution < 1.29 is 14.3 Å². The van der Waals surface area contributed by atoms with Crippen molar-refractivity contribution in [1.82, 2.24) is 0 Å². The summed E-state index contributed by atoms with van der Waals surface area (Å²) in [6.45, 7) is 9.41. The third-order valence-corrected chi connectivity index (χ3v) is 2.95. The molecule has 14 heavy (non-hydrogen) atoms. The molecule has 3 nitrogen and oxygen atoms in total. The molecule has 0 amide bonds. The van der Waals surface area contributed by atoms with E-state index in [0.717, 1.165) is 12.6 Å². The van der Waals surface area contributed by atoms with E-state index in [0.29, 0.717) is 0 Å². The van der Waals surface area contributed by atoms with Crippen molar-refractivity contribution in [3.05, 3.63) is 0 Å². The van der Waals surface area contributed by atoms with Gasteiger partial charge in [0.1, 0.15) is 11.9 Å². The van der Waals surface area contributed by atoms with Gasteiger partial charge in [0.15, 0.2) is 6.29 Å². The highest BCUT2D eigenvalue weighted by Crippen LogP contribution is 2.62. The van der Waals surface area contributed by atoms with E-state index in [1.54, 1.807) is 0 Å². The molecule has 1 rings (SSSR count). The van der Waals surface area contributed by atoms with E-state index >= 15 is 0 Å². The van der Waals surface area contributed by atoms with Crippen molar-refractivity contribution in [3.63, 3.8) is 0 Å². The molecule has 0 aliphatic heterocycles. The first-order chi connectivity index (χ1) is 6.21. The standard InChI is InChI=1S/C11H18O3/c1-9(2,3)14-11(7-13)8(6-12)10(11,4)5/h6-8H,1-5H3. The van der Waals surface area contributed by atoms with Crippen LogP contribution in [0.1, 0.15) is 34.6 Å². The Balaban J connectivity index is 2.92. The molecule has 1 saturated carbocycles. The Bertz CT molecular complexity index is 262. The summed E-state index contributed by atoms with van der Waals surface area (Å²) in [4.78, 5) is 21.9. The third-order valence-electron chi connectivity index (χ3n) is 2.95. The predicted molar refractivity (Wildman–Crippen MR) is 53.0 cm³/mol. The molecule has 0 bridgehead atoms. The maximum Gasteiger partial charge on any atom is 0.153 e. The van der Waals surface area contributed by atoms with Crippen molar-refractivity contribution in [2.75, 3.05) is 0 Å². The van der Waals surface area contributed by atoms with Gasteiger partial charge in [-0.05, 0) is 20.8 Å². The SMILES string of the molecule is CC(C)(C)OC1(C=O)C(C=O)C1(C)C. The molecule has 1 fully saturated rings. The monoisotopic (exact) mass is 198 g/mol. The van der Waals surface area contributed by atoms with E-state index in [1.807, 2.05) is 34.6 Å². The zero-order valence-corrected chi connectivity index (χ0v) is 9.46. The van der Waals surface area contributed by atoms with Gasteiger partial charge >= 0.3 is 0 Å². The minimum Gasteiger partial charge on any atom is -0.361 e. The molecule has 0 aromatic carbocycles. The first-order valence-electron chi connectivity index (χ1n) is 4.83. The molecule has 3 heteroatoms. The first-order valence-corrected chi connectivity index (χ1v) is 4.83. The summed E-state index contributed by atoms with van der Waals surface area (Å²) in [5.74, 6) is -0.313. The lowest BCUT2D eigenvalue weighted by atomic mass is 10.1. The van der Waals surface area contributed by atoms with Crippen molar-refractivity contribution in [2.45, 2.75) is 45.8 Å². The second-order valence-electron chi connectivity index (χ2n) is 5.46. The first kappa shape index (κ1) is 11.4. The van der Waals surface area contributed by atoms with Crippen LogP contribution in [-0.4, -0.2) is 23.8 Å². The lowest BCUT2D eigenvalue weighted by Gasteiger charge is -2.26. The van der Waals surface area contributed by atoms with Gasteiger partial charge in [0.25, 0.3) is 0 Å². The maximum absolute atomic E-state index is 11.1. The van der Waals surface area contributed by atoms with Crippen LogP contribution >= 0.6 is 0 Å². The van der Waals surface area contributed by atoms with Gasteiger partial charge in [0.2, 0.25) is 0 Å². The lowest BCUT2D eigenvalue weighted by molar-refractivity contribution is -0.140. The van der Waals surface area contributed by atoms with Crippen LogP contribution in [0.25, 0.3) is 0 Å². The van der Waals surface area contributed by atoms with Gasteiger partial charge in [0.05, 0.1) is 11.5 Å². The Labute approximate surface area is 84.8 Å². The van der Waals surface area contributed by atoms with Gasteiger partial charge in [-0.15, -0.1) is 0 Å². The molecule has 80 valence electrons. The Morgan fingerprint density at radius 1 is 1.21 bits per heavy atom. The van der Waals surface area contributed by atoms with Crippen LogP contribution < -0.4 is 0 Å². The average molecular weight is 198 g/mol. The summed E-state index contributed by atoms with van der Waals surface area (Å²) in [5.41, 5.74) is -1.69. The van der Waals surface area contributed by atoms with E-state index < -0.39 is 11.2 Å². The second kappa shape index (κ2) is 2.89. The highest BCUT2D eigenvalue weighted by atomic mass is 16.5. The minimum atomic E-state index is -0.910. The summed E-state index contributed by atoms with van der Waals surface area (Å²) in [6, 6.07) is 0. The zero-order chi connectivity index (χ0) is 11.2. The third kappa shape index (κ3) is 1.40. The fourth-order valence-corrected chi connectivity index (χ4v) is 2.02. The number of carbonyl (C=O) groups is 2. The maximum atomic E-state index is 11.1. The molecule has 0 heterocycles. The molecule has 0 aromatic rings. The summed E-state index contributed by atoms with van der Waals surface area (Å²) in [6.07, 6.45) is 1.59. The molecule has 1 aliphatic rings. The fourth-order valence-electron chi connectivity index (χ4n) is 2.02. The predicted octanol–water partition coefficient (Wildman–Crippen LogP) is 1.59. The summed E-state index contributed by atoms with van der Waals surface area (Å²) in [5, 5.41) is 0. The summed E-state index contributed by atoms with van der Waals surface area (Å²) < 4.78 is 5.70. The molecule has 0 spiro atoms. The molecule has 2 atom stereocenters.